The summed E-state index contributed by atoms with van der Waals surface area (Å²) >= 11 is 12.4. The van der Waals surface area contributed by atoms with Crippen molar-refractivity contribution in [3.8, 4) is 0 Å². The standard InChI is InChI=1S/C18H17Cl2NO2S/c1-11-12-5-3-8-17(24(2)23)14(12)10-21(11)18(22)9-13-15(19)6-4-7-16(13)20/h3-8,11H,9-10H2,1-2H3. The van der Waals surface area contributed by atoms with E-state index in [4.69, 9.17) is 23.2 Å². The van der Waals surface area contributed by atoms with Gasteiger partial charge in [0.15, 0.2) is 0 Å². The number of hydrogen-bond donors (Lipinski definition) is 0. The molecule has 3 nitrogen and oxygen atoms in total. The maximum absolute atomic E-state index is 12.8. The molecule has 2 atom stereocenters. The minimum Gasteiger partial charge on any atom is -0.331 e. The smallest absolute Gasteiger partial charge is 0.227 e. The van der Waals surface area contributed by atoms with Crippen molar-refractivity contribution < 1.29 is 9.00 Å². The quantitative estimate of drug-likeness (QED) is 0.790. The average Bonchev–Trinajstić information content (AvgIpc) is 2.88. The zero-order valence-corrected chi connectivity index (χ0v) is 15.7. The predicted octanol–water partition coefficient (Wildman–Crippen LogP) is 4.38. The lowest BCUT2D eigenvalue weighted by atomic mass is 10.1. The Morgan fingerprint density at radius 2 is 1.83 bits per heavy atom. The van der Waals surface area contributed by atoms with E-state index in [0.29, 0.717) is 22.2 Å². The van der Waals surface area contributed by atoms with E-state index >= 15 is 0 Å². The lowest BCUT2D eigenvalue weighted by molar-refractivity contribution is -0.132. The number of nitrogens with zero attached hydrogens (tertiary/aromatic N) is 1. The Balaban J connectivity index is 1.88. The molecule has 0 spiro atoms. The van der Waals surface area contributed by atoms with Crippen LogP contribution >= 0.6 is 23.2 Å². The van der Waals surface area contributed by atoms with Crippen LogP contribution in [0.2, 0.25) is 10.0 Å². The first kappa shape index (κ1) is 17.5. The molecule has 0 fully saturated rings. The maximum atomic E-state index is 12.8. The van der Waals surface area contributed by atoms with Crippen molar-refractivity contribution in [3.05, 3.63) is 63.1 Å². The van der Waals surface area contributed by atoms with Crippen LogP contribution in [0.15, 0.2) is 41.3 Å². The Labute approximate surface area is 154 Å². The van der Waals surface area contributed by atoms with Gasteiger partial charge in [-0.2, -0.15) is 0 Å². The van der Waals surface area contributed by atoms with Crippen LogP contribution in [0, 0.1) is 0 Å². The summed E-state index contributed by atoms with van der Waals surface area (Å²) in [5.41, 5.74) is 2.69. The highest BCUT2D eigenvalue weighted by Crippen LogP contribution is 2.37. The molecule has 1 heterocycles. The van der Waals surface area contributed by atoms with Crippen molar-refractivity contribution >= 4 is 39.9 Å². The Hall–Kier alpha value is -1.36. The van der Waals surface area contributed by atoms with Crippen molar-refractivity contribution in [2.24, 2.45) is 0 Å². The van der Waals surface area contributed by atoms with Gasteiger partial charge in [0.1, 0.15) is 0 Å². The van der Waals surface area contributed by atoms with E-state index in [9.17, 15) is 9.00 Å². The molecule has 1 aliphatic heterocycles. The number of amides is 1. The highest BCUT2D eigenvalue weighted by atomic mass is 35.5. The highest BCUT2D eigenvalue weighted by molar-refractivity contribution is 7.84. The fourth-order valence-corrected chi connectivity index (χ4v) is 4.48. The first-order valence-electron chi connectivity index (χ1n) is 7.57. The van der Waals surface area contributed by atoms with Crippen molar-refractivity contribution in [3.63, 3.8) is 0 Å². The summed E-state index contributed by atoms with van der Waals surface area (Å²) in [6, 6.07) is 10.9. The Morgan fingerprint density at radius 3 is 2.46 bits per heavy atom. The summed E-state index contributed by atoms with van der Waals surface area (Å²) in [6.07, 6.45) is 1.82. The molecule has 0 saturated heterocycles. The van der Waals surface area contributed by atoms with Gasteiger partial charge in [-0.25, -0.2) is 0 Å². The zero-order valence-electron chi connectivity index (χ0n) is 13.4. The topological polar surface area (TPSA) is 37.4 Å². The van der Waals surface area contributed by atoms with E-state index < -0.39 is 10.8 Å². The molecule has 1 aliphatic rings. The minimum atomic E-state index is -1.08. The zero-order chi connectivity index (χ0) is 17.4. The third-order valence-corrected chi connectivity index (χ3v) is 6.15. The molecule has 1 amide bonds. The second-order valence-electron chi connectivity index (χ2n) is 5.85. The van der Waals surface area contributed by atoms with Crippen molar-refractivity contribution in [1.82, 2.24) is 4.90 Å². The monoisotopic (exact) mass is 381 g/mol. The molecule has 0 aromatic heterocycles. The molecule has 0 radical (unpaired) electrons. The molecule has 0 aliphatic carbocycles. The van der Waals surface area contributed by atoms with Gasteiger partial charge >= 0.3 is 0 Å². The molecule has 6 heteroatoms. The molecule has 0 saturated carbocycles. The van der Waals surface area contributed by atoms with Crippen LogP contribution in [-0.4, -0.2) is 21.3 Å². The van der Waals surface area contributed by atoms with Gasteiger partial charge in [-0.05, 0) is 41.8 Å². The van der Waals surface area contributed by atoms with Gasteiger partial charge in [0.2, 0.25) is 5.91 Å². The van der Waals surface area contributed by atoms with E-state index in [-0.39, 0.29) is 18.4 Å². The molecule has 24 heavy (non-hydrogen) atoms. The van der Waals surface area contributed by atoms with Crippen LogP contribution in [0.3, 0.4) is 0 Å². The molecule has 2 unspecified atom stereocenters. The van der Waals surface area contributed by atoms with Gasteiger partial charge in [0, 0.05) is 27.7 Å². The predicted molar refractivity (Wildman–Crippen MR) is 97.9 cm³/mol. The third-order valence-electron chi connectivity index (χ3n) is 4.44. The second-order valence-corrected chi connectivity index (χ2v) is 8.02. The molecule has 2 aromatic rings. The van der Waals surface area contributed by atoms with Crippen LogP contribution in [0.5, 0.6) is 0 Å². The number of benzene rings is 2. The fourth-order valence-electron chi connectivity index (χ4n) is 3.15. The number of carbonyl (C=O) groups excluding carboxylic acids is 1. The Kier molecular flexibility index (Phi) is 5.00. The minimum absolute atomic E-state index is 0.0402. The van der Waals surface area contributed by atoms with Gasteiger partial charge in [0.25, 0.3) is 0 Å². The first-order valence-corrected chi connectivity index (χ1v) is 9.89. The third kappa shape index (κ3) is 3.10. The lowest BCUT2D eigenvalue weighted by Gasteiger charge is -2.22. The summed E-state index contributed by atoms with van der Waals surface area (Å²) < 4.78 is 11.9. The van der Waals surface area contributed by atoms with Gasteiger partial charge in [-0.3, -0.25) is 9.00 Å². The summed E-state index contributed by atoms with van der Waals surface area (Å²) in [5, 5.41) is 0.992. The van der Waals surface area contributed by atoms with Crippen molar-refractivity contribution in [1.29, 1.82) is 0 Å². The van der Waals surface area contributed by atoms with E-state index in [2.05, 4.69) is 0 Å². The van der Waals surface area contributed by atoms with Gasteiger partial charge in [0.05, 0.1) is 23.3 Å². The van der Waals surface area contributed by atoms with Crippen LogP contribution in [0.4, 0.5) is 0 Å². The van der Waals surface area contributed by atoms with Crippen molar-refractivity contribution in [2.45, 2.75) is 30.8 Å². The van der Waals surface area contributed by atoms with E-state index in [1.54, 1.807) is 29.4 Å². The van der Waals surface area contributed by atoms with Gasteiger partial charge in [-0.15, -0.1) is 0 Å². The van der Waals surface area contributed by atoms with Gasteiger partial charge in [-0.1, -0.05) is 41.4 Å². The molecule has 0 bridgehead atoms. The fraction of sp³-hybridized carbons (Fsp3) is 0.278. The summed E-state index contributed by atoms with van der Waals surface area (Å²) in [6.45, 7) is 2.45. The number of carbonyl (C=O) groups is 1. The summed E-state index contributed by atoms with van der Waals surface area (Å²) in [5.74, 6) is -0.0402. The maximum Gasteiger partial charge on any atom is 0.227 e. The van der Waals surface area contributed by atoms with Crippen LogP contribution in [0.25, 0.3) is 0 Å². The number of halogens is 2. The number of hydrogen-bond acceptors (Lipinski definition) is 2. The Morgan fingerprint density at radius 1 is 1.21 bits per heavy atom. The number of fused-ring (bicyclic) bond motifs is 1. The molecule has 0 N–H and O–H groups in total. The summed E-state index contributed by atoms with van der Waals surface area (Å²) in [7, 11) is -1.08. The average molecular weight is 382 g/mol. The molecular weight excluding hydrogens is 365 g/mol. The van der Waals surface area contributed by atoms with Crippen molar-refractivity contribution in [2.75, 3.05) is 6.26 Å². The first-order chi connectivity index (χ1) is 11.4. The second kappa shape index (κ2) is 6.87. The van der Waals surface area contributed by atoms with E-state index in [0.717, 1.165) is 16.0 Å². The SMILES string of the molecule is CC1c2cccc(S(C)=O)c2CN1C(=O)Cc1c(Cl)cccc1Cl. The van der Waals surface area contributed by atoms with Gasteiger partial charge < -0.3 is 4.90 Å². The lowest BCUT2D eigenvalue weighted by Crippen LogP contribution is -2.29. The molecular formula is C18H17Cl2NO2S. The van der Waals surface area contributed by atoms with Crippen LogP contribution < -0.4 is 0 Å². The largest absolute Gasteiger partial charge is 0.331 e. The molecule has 126 valence electrons. The van der Waals surface area contributed by atoms with E-state index in [1.807, 2.05) is 25.1 Å². The highest BCUT2D eigenvalue weighted by Gasteiger charge is 2.32. The van der Waals surface area contributed by atoms with Crippen LogP contribution in [-0.2, 0) is 28.6 Å². The number of rotatable bonds is 3. The summed E-state index contributed by atoms with van der Waals surface area (Å²) in [4.78, 5) is 15.4. The van der Waals surface area contributed by atoms with Crippen LogP contribution in [0.1, 0.15) is 29.7 Å². The Bertz CT molecular complexity index is 818. The molecule has 3 rings (SSSR count). The van der Waals surface area contributed by atoms with E-state index in [1.165, 1.54) is 0 Å². The normalized spacial score (nSPS) is 17.7. The molecule has 2 aromatic carbocycles.